The maximum absolute atomic E-state index is 4.82. The van der Waals surface area contributed by atoms with Gasteiger partial charge in [0, 0.05) is 18.3 Å². The first kappa shape index (κ1) is 14.2. The van der Waals surface area contributed by atoms with Gasteiger partial charge in [-0.15, -0.1) is 0 Å². The molecule has 1 saturated carbocycles. The average molecular weight is 268 g/mol. The summed E-state index contributed by atoms with van der Waals surface area (Å²) in [6, 6.07) is 0.580. The first-order valence-corrected chi connectivity index (χ1v) is 8.66. The Kier molecular flexibility index (Phi) is 5.40. The lowest BCUT2D eigenvalue weighted by Gasteiger charge is -2.38. The average Bonchev–Trinajstić information content (AvgIpc) is 2.40. The van der Waals surface area contributed by atoms with E-state index in [4.69, 9.17) is 4.99 Å². The number of nitrogens with zero attached hydrogens (tertiary/aromatic N) is 1. The molecule has 1 unspecified atom stereocenters. The number of hydrogen-bond donors (Lipinski definition) is 1. The molecular weight excluding hydrogens is 240 g/mol. The van der Waals surface area contributed by atoms with Crippen LogP contribution in [0.5, 0.6) is 0 Å². The SMILES string of the molecule is CCCCC(C)NC1=NCC2(CCCCC2)CS1. The first-order chi connectivity index (χ1) is 8.74. The molecule has 0 radical (unpaired) electrons. The van der Waals surface area contributed by atoms with Gasteiger partial charge in [0.2, 0.25) is 0 Å². The third-order valence-corrected chi connectivity index (χ3v) is 5.63. The summed E-state index contributed by atoms with van der Waals surface area (Å²) in [5, 5.41) is 4.79. The summed E-state index contributed by atoms with van der Waals surface area (Å²) in [6.07, 6.45) is 11.0. The molecule has 1 aliphatic heterocycles. The molecule has 0 saturated heterocycles. The van der Waals surface area contributed by atoms with Crippen LogP contribution in [0.2, 0.25) is 0 Å². The summed E-state index contributed by atoms with van der Waals surface area (Å²) in [5.41, 5.74) is 0.556. The van der Waals surface area contributed by atoms with Gasteiger partial charge in [-0.2, -0.15) is 0 Å². The molecule has 0 aromatic heterocycles. The first-order valence-electron chi connectivity index (χ1n) is 7.68. The van der Waals surface area contributed by atoms with E-state index in [2.05, 4.69) is 19.2 Å². The second-order valence-electron chi connectivity index (χ2n) is 6.16. The van der Waals surface area contributed by atoms with Crippen LogP contribution in [0.4, 0.5) is 0 Å². The Labute approximate surface area is 116 Å². The normalized spacial score (nSPS) is 24.7. The minimum Gasteiger partial charge on any atom is -0.362 e. The summed E-state index contributed by atoms with van der Waals surface area (Å²) in [5.74, 6) is 1.29. The number of rotatable bonds is 4. The Balaban J connectivity index is 1.79. The lowest BCUT2D eigenvalue weighted by molar-refractivity contribution is 0.232. The standard InChI is InChI=1S/C15H28N2S/c1-3-4-8-13(2)17-14-16-11-15(12-18-14)9-6-5-7-10-15/h13H,3-12H2,1-2H3,(H,16,17). The zero-order valence-corrected chi connectivity index (χ0v) is 12.8. The van der Waals surface area contributed by atoms with E-state index in [1.165, 1.54) is 62.3 Å². The van der Waals surface area contributed by atoms with Crippen molar-refractivity contribution < 1.29 is 0 Å². The van der Waals surface area contributed by atoms with Crippen LogP contribution in [0.15, 0.2) is 4.99 Å². The second kappa shape index (κ2) is 6.83. The number of unbranched alkanes of at least 4 members (excludes halogenated alkanes) is 1. The van der Waals surface area contributed by atoms with E-state index in [1.54, 1.807) is 0 Å². The third-order valence-electron chi connectivity index (χ3n) is 4.35. The zero-order chi connectivity index (χ0) is 12.8. The highest BCUT2D eigenvalue weighted by atomic mass is 32.2. The van der Waals surface area contributed by atoms with Gasteiger partial charge in [0.15, 0.2) is 5.17 Å². The molecule has 1 aliphatic carbocycles. The summed E-state index contributed by atoms with van der Waals surface area (Å²) in [7, 11) is 0. The van der Waals surface area contributed by atoms with Crippen molar-refractivity contribution in [2.45, 2.75) is 71.3 Å². The summed E-state index contributed by atoms with van der Waals surface area (Å²) in [4.78, 5) is 4.82. The van der Waals surface area contributed by atoms with Crippen molar-refractivity contribution >= 4 is 16.9 Å². The second-order valence-corrected chi connectivity index (χ2v) is 7.12. The summed E-state index contributed by atoms with van der Waals surface area (Å²) in [6.45, 7) is 5.61. The number of aliphatic imine (C=N–C) groups is 1. The van der Waals surface area contributed by atoms with Crippen LogP contribution in [0.25, 0.3) is 0 Å². The van der Waals surface area contributed by atoms with Gasteiger partial charge in [0.05, 0.1) is 0 Å². The molecule has 2 nitrogen and oxygen atoms in total. The fourth-order valence-electron chi connectivity index (χ4n) is 3.04. The Morgan fingerprint density at radius 1 is 1.33 bits per heavy atom. The lowest BCUT2D eigenvalue weighted by atomic mass is 9.75. The van der Waals surface area contributed by atoms with Crippen LogP contribution in [0.3, 0.4) is 0 Å². The van der Waals surface area contributed by atoms with E-state index in [9.17, 15) is 0 Å². The molecule has 0 bridgehead atoms. The van der Waals surface area contributed by atoms with Gasteiger partial charge >= 0.3 is 0 Å². The largest absolute Gasteiger partial charge is 0.362 e. The molecule has 0 aromatic rings. The lowest BCUT2D eigenvalue weighted by Crippen LogP contribution is -2.39. The molecule has 1 atom stereocenters. The molecule has 104 valence electrons. The number of amidine groups is 1. The van der Waals surface area contributed by atoms with Crippen LogP contribution in [0, 0.1) is 5.41 Å². The molecule has 3 heteroatoms. The molecular formula is C15H28N2S. The van der Waals surface area contributed by atoms with E-state index in [-0.39, 0.29) is 0 Å². The number of thioether (sulfide) groups is 1. The van der Waals surface area contributed by atoms with Crippen LogP contribution in [-0.2, 0) is 0 Å². The number of hydrogen-bond acceptors (Lipinski definition) is 3. The monoisotopic (exact) mass is 268 g/mol. The van der Waals surface area contributed by atoms with Gasteiger partial charge in [-0.1, -0.05) is 50.8 Å². The molecule has 1 N–H and O–H groups in total. The van der Waals surface area contributed by atoms with Crippen molar-refractivity contribution in [3.8, 4) is 0 Å². The molecule has 2 rings (SSSR count). The molecule has 1 spiro atoms. The molecule has 0 aromatic carbocycles. The highest BCUT2D eigenvalue weighted by molar-refractivity contribution is 8.13. The molecule has 2 aliphatic rings. The third kappa shape index (κ3) is 3.91. The van der Waals surface area contributed by atoms with E-state index >= 15 is 0 Å². The van der Waals surface area contributed by atoms with E-state index in [0.717, 1.165) is 6.54 Å². The van der Waals surface area contributed by atoms with Gasteiger partial charge in [-0.3, -0.25) is 4.99 Å². The predicted octanol–water partition coefficient (Wildman–Crippen LogP) is 4.21. The minimum atomic E-state index is 0.556. The highest BCUT2D eigenvalue weighted by Crippen LogP contribution is 2.41. The Hall–Kier alpha value is -0.180. The van der Waals surface area contributed by atoms with Crippen molar-refractivity contribution in [3.63, 3.8) is 0 Å². The van der Waals surface area contributed by atoms with Crippen molar-refractivity contribution in [3.05, 3.63) is 0 Å². The Morgan fingerprint density at radius 2 is 2.11 bits per heavy atom. The van der Waals surface area contributed by atoms with Crippen molar-refractivity contribution in [2.24, 2.45) is 10.4 Å². The van der Waals surface area contributed by atoms with Gasteiger partial charge < -0.3 is 5.32 Å². The highest BCUT2D eigenvalue weighted by Gasteiger charge is 2.34. The quantitative estimate of drug-likeness (QED) is 0.826. The molecule has 0 amide bonds. The van der Waals surface area contributed by atoms with Gasteiger partial charge in [0.25, 0.3) is 0 Å². The molecule has 1 heterocycles. The summed E-state index contributed by atoms with van der Waals surface area (Å²) < 4.78 is 0. The predicted molar refractivity (Wildman–Crippen MR) is 82.4 cm³/mol. The van der Waals surface area contributed by atoms with Crippen molar-refractivity contribution in [1.82, 2.24) is 5.32 Å². The topological polar surface area (TPSA) is 24.4 Å². The fraction of sp³-hybridized carbons (Fsp3) is 0.933. The van der Waals surface area contributed by atoms with E-state index in [0.29, 0.717) is 11.5 Å². The smallest absolute Gasteiger partial charge is 0.156 e. The molecule has 18 heavy (non-hydrogen) atoms. The Morgan fingerprint density at radius 3 is 2.72 bits per heavy atom. The maximum Gasteiger partial charge on any atom is 0.156 e. The maximum atomic E-state index is 4.82. The van der Waals surface area contributed by atoms with Gasteiger partial charge in [-0.05, 0) is 31.6 Å². The van der Waals surface area contributed by atoms with E-state index in [1.807, 2.05) is 11.8 Å². The molecule has 1 fully saturated rings. The van der Waals surface area contributed by atoms with Gasteiger partial charge in [-0.25, -0.2) is 0 Å². The van der Waals surface area contributed by atoms with E-state index < -0.39 is 0 Å². The minimum absolute atomic E-state index is 0.556. The fourth-order valence-corrected chi connectivity index (χ4v) is 4.30. The van der Waals surface area contributed by atoms with Gasteiger partial charge in [0.1, 0.15) is 0 Å². The summed E-state index contributed by atoms with van der Waals surface area (Å²) >= 11 is 1.97. The van der Waals surface area contributed by atoms with Crippen molar-refractivity contribution in [1.29, 1.82) is 0 Å². The van der Waals surface area contributed by atoms with Crippen LogP contribution in [0.1, 0.15) is 65.2 Å². The van der Waals surface area contributed by atoms with Crippen LogP contribution >= 0.6 is 11.8 Å². The zero-order valence-electron chi connectivity index (χ0n) is 12.0. The Bertz CT molecular complexity index is 282. The van der Waals surface area contributed by atoms with Crippen LogP contribution < -0.4 is 5.32 Å². The van der Waals surface area contributed by atoms with Crippen LogP contribution in [-0.4, -0.2) is 23.5 Å². The van der Waals surface area contributed by atoms with Crippen molar-refractivity contribution in [2.75, 3.05) is 12.3 Å². The number of nitrogens with one attached hydrogen (secondary N) is 1.